The summed E-state index contributed by atoms with van der Waals surface area (Å²) in [6.07, 6.45) is 1.34. The molecular formula is C11H16N2O. The van der Waals surface area contributed by atoms with E-state index in [-0.39, 0.29) is 5.91 Å². The molecule has 0 bridgehead atoms. The normalized spacial score (nSPS) is 9.86. The average Bonchev–Trinajstić information content (AvgIpc) is 2.19. The van der Waals surface area contributed by atoms with Gasteiger partial charge < -0.3 is 11.1 Å². The Morgan fingerprint density at radius 1 is 1.50 bits per heavy atom. The largest absolute Gasteiger partial charge is 0.330 e. The van der Waals surface area contributed by atoms with Crippen LogP contribution in [0.25, 0.3) is 0 Å². The van der Waals surface area contributed by atoms with Gasteiger partial charge in [-0.05, 0) is 30.7 Å². The highest BCUT2D eigenvalue weighted by Gasteiger charge is 1.99. The highest BCUT2D eigenvalue weighted by atomic mass is 16.1. The van der Waals surface area contributed by atoms with E-state index >= 15 is 0 Å². The van der Waals surface area contributed by atoms with Crippen LogP contribution in [0.5, 0.6) is 0 Å². The summed E-state index contributed by atoms with van der Waals surface area (Å²) in [4.78, 5) is 11.1. The molecule has 3 N–H and O–H groups in total. The maximum Gasteiger partial charge on any atom is 0.224 e. The molecule has 0 radical (unpaired) electrons. The molecule has 0 aliphatic carbocycles. The zero-order chi connectivity index (χ0) is 10.4. The van der Waals surface area contributed by atoms with Crippen molar-refractivity contribution in [2.75, 3.05) is 11.9 Å². The molecule has 76 valence electrons. The van der Waals surface area contributed by atoms with Crippen LogP contribution >= 0.6 is 0 Å². The van der Waals surface area contributed by atoms with Gasteiger partial charge in [0.2, 0.25) is 5.91 Å². The number of amides is 1. The van der Waals surface area contributed by atoms with Gasteiger partial charge in [0, 0.05) is 12.1 Å². The van der Waals surface area contributed by atoms with Gasteiger partial charge in [-0.25, -0.2) is 0 Å². The quantitative estimate of drug-likeness (QED) is 0.760. The second-order valence-corrected chi connectivity index (χ2v) is 3.14. The van der Waals surface area contributed by atoms with Crippen LogP contribution in [0.2, 0.25) is 0 Å². The van der Waals surface area contributed by atoms with Crippen LogP contribution in [0.15, 0.2) is 24.3 Å². The molecule has 0 heterocycles. The topological polar surface area (TPSA) is 55.1 Å². The highest BCUT2D eigenvalue weighted by molar-refractivity contribution is 5.90. The van der Waals surface area contributed by atoms with Gasteiger partial charge in [-0.1, -0.05) is 19.1 Å². The summed E-state index contributed by atoms with van der Waals surface area (Å²) in [5.41, 5.74) is 7.45. The number of nitrogens with two attached hydrogens (primary N) is 1. The number of anilines is 1. The van der Waals surface area contributed by atoms with Crippen molar-refractivity contribution in [2.24, 2.45) is 5.73 Å². The zero-order valence-corrected chi connectivity index (χ0v) is 8.42. The minimum absolute atomic E-state index is 0.0369. The molecular weight excluding hydrogens is 176 g/mol. The third-order valence-electron chi connectivity index (χ3n) is 1.96. The van der Waals surface area contributed by atoms with Crippen molar-refractivity contribution < 1.29 is 4.79 Å². The van der Waals surface area contributed by atoms with Crippen molar-refractivity contribution in [3.8, 4) is 0 Å². The molecule has 1 rings (SSSR count). The molecule has 0 saturated carbocycles. The highest BCUT2D eigenvalue weighted by Crippen LogP contribution is 2.10. The lowest BCUT2D eigenvalue weighted by molar-refractivity contribution is -0.115. The second kappa shape index (κ2) is 5.40. The van der Waals surface area contributed by atoms with Crippen LogP contribution in [0.1, 0.15) is 18.9 Å². The van der Waals surface area contributed by atoms with E-state index in [2.05, 4.69) is 5.32 Å². The Morgan fingerprint density at radius 3 is 2.93 bits per heavy atom. The van der Waals surface area contributed by atoms with E-state index in [1.807, 2.05) is 31.2 Å². The minimum atomic E-state index is 0.0369. The maximum absolute atomic E-state index is 11.1. The first kappa shape index (κ1) is 10.7. The Hall–Kier alpha value is -1.35. The van der Waals surface area contributed by atoms with Gasteiger partial charge in [0.15, 0.2) is 0 Å². The fourth-order valence-electron chi connectivity index (χ4n) is 1.22. The predicted octanol–water partition coefficient (Wildman–Crippen LogP) is 1.54. The molecule has 0 aliphatic rings. The number of benzene rings is 1. The van der Waals surface area contributed by atoms with E-state index in [1.165, 1.54) is 0 Å². The van der Waals surface area contributed by atoms with Gasteiger partial charge in [-0.3, -0.25) is 4.79 Å². The number of hydrogen-bond acceptors (Lipinski definition) is 2. The van der Waals surface area contributed by atoms with Crippen LogP contribution in [-0.2, 0) is 11.2 Å². The van der Waals surface area contributed by atoms with Gasteiger partial charge in [0.05, 0.1) is 0 Å². The fourth-order valence-corrected chi connectivity index (χ4v) is 1.22. The summed E-state index contributed by atoms with van der Waals surface area (Å²) in [5, 5.41) is 2.81. The number of hydrogen-bond donors (Lipinski definition) is 2. The van der Waals surface area contributed by atoms with Crippen LogP contribution in [0, 0.1) is 0 Å². The molecule has 3 heteroatoms. The molecule has 0 atom stereocenters. The molecule has 1 amide bonds. The first-order valence-electron chi connectivity index (χ1n) is 4.85. The van der Waals surface area contributed by atoms with Crippen LogP contribution in [0.4, 0.5) is 5.69 Å². The third kappa shape index (κ3) is 3.18. The van der Waals surface area contributed by atoms with Crippen LogP contribution < -0.4 is 11.1 Å². The van der Waals surface area contributed by atoms with Crippen molar-refractivity contribution in [3.63, 3.8) is 0 Å². The Morgan fingerprint density at radius 2 is 2.29 bits per heavy atom. The SMILES string of the molecule is CCC(=O)Nc1cccc(CCN)c1. The molecule has 3 nitrogen and oxygen atoms in total. The molecule has 14 heavy (non-hydrogen) atoms. The van der Waals surface area contributed by atoms with Crippen molar-refractivity contribution in [1.82, 2.24) is 0 Å². The summed E-state index contributed by atoms with van der Waals surface area (Å²) >= 11 is 0. The Labute approximate surface area is 84.3 Å². The fraction of sp³-hybridized carbons (Fsp3) is 0.364. The Bertz CT molecular complexity index is 310. The van der Waals surface area contributed by atoms with Crippen LogP contribution in [0.3, 0.4) is 0 Å². The van der Waals surface area contributed by atoms with Crippen LogP contribution in [-0.4, -0.2) is 12.5 Å². The average molecular weight is 192 g/mol. The summed E-state index contributed by atoms with van der Waals surface area (Å²) in [7, 11) is 0. The van der Waals surface area contributed by atoms with E-state index in [0.29, 0.717) is 13.0 Å². The molecule has 0 spiro atoms. The summed E-state index contributed by atoms with van der Waals surface area (Å²) in [5.74, 6) is 0.0369. The number of nitrogens with one attached hydrogen (secondary N) is 1. The third-order valence-corrected chi connectivity index (χ3v) is 1.96. The smallest absolute Gasteiger partial charge is 0.224 e. The van der Waals surface area contributed by atoms with Crippen molar-refractivity contribution in [3.05, 3.63) is 29.8 Å². The molecule has 0 saturated heterocycles. The molecule has 1 aromatic carbocycles. The van der Waals surface area contributed by atoms with Gasteiger partial charge in [0.25, 0.3) is 0 Å². The van der Waals surface area contributed by atoms with Crippen molar-refractivity contribution >= 4 is 11.6 Å². The van der Waals surface area contributed by atoms with Gasteiger partial charge in [0.1, 0.15) is 0 Å². The molecule has 0 aromatic heterocycles. The van der Waals surface area contributed by atoms with E-state index in [1.54, 1.807) is 0 Å². The number of carbonyl (C=O) groups excluding carboxylic acids is 1. The molecule has 0 fully saturated rings. The first-order chi connectivity index (χ1) is 6.76. The predicted molar refractivity (Wildman–Crippen MR) is 58.1 cm³/mol. The van der Waals surface area contributed by atoms with Gasteiger partial charge in [-0.15, -0.1) is 0 Å². The van der Waals surface area contributed by atoms with Gasteiger partial charge in [-0.2, -0.15) is 0 Å². The molecule has 0 aliphatic heterocycles. The van der Waals surface area contributed by atoms with Crippen molar-refractivity contribution in [2.45, 2.75) is 19.8 Å². The molecule has 0 unspecified atom stereocenters. The van der Waals surface area contributed by atoms with Crippen molar-refractivity contribution in [1.29, 1.82) is 0 Å². The second-order valence-electron chi connectivity index (χ2n) is 3.14. The Balaban J connectivity index is 2.68. The standard InChI is InChI=1S/C11H16N2O/c1-2-11(14)13-10-5-3-4-9(8-10)6-7-12/h3-5,8H,2,6-7,12H2,1H3,(H,13,14). The summed E-state index contributed by atoms with van der Waals surface area (Å²) in [6, 6.07) is 7.78. The zero-order valence-electron chi connectivity index (χ0n) is 8.42. The summed E-state index contributed by atoms with van der Waals surface area (Å²) in [6.45, 7) is 2.46. The molecule has 1 aromatic rings. The number of rotatable bonds is 4. The van der Waals surface area contributed by atoms with Gasteiger partial charge >= 0.3 is 0 Å². The number of carbonyl (C=O) groups is 1. The monoisotopic (exact) mass is 192 g/mol. The lowest BCUT2D eigenvalue weighted by Gasteiger charge is -2.05. The van der Waals surface area contributed by atoms with E-state index < -0.39 is 0 Å². The van der Waals surface area contributed by atoms with E-state index in [4.69, 9.17) is 5.73 Å². The Kier molecular flexibility index (Phi) is 4.13. The minimum Gasteiger partial charge on any atom is -0.330 e. The maximum atomic E-state index is 11.1. The van der Waals surface area contributed by atoms with E-state index in [0.717, 1.165) is 17.7 Å². The first-order valence-corrected chi connectivity index (χ1v) is 4.85. The summed E-state index contributed by atoms with van der Waals surface area (Å²) < 4.78 is 0. The lowest BCUT2D eigenvalue weighted by Crippen LogP contribution is -2.10. The van der Waals surface area contributed by atoms with E-state index in [9.17, 15) is 4.79 Å². The lowest BCUT2D eigenvalue weighted by atomic mass is 10.1.